The van der Waals surface area contributed by atoms with Crippen LogP contribution in [0.25, 0.3) is 199 Å². The van der Waals surface area contributed by atoms with Gasteiger partial charge in [-0.2, -0.15) is 0 Å². The van der Waals surface area contributed by atoms with Gasteiger partial charge in [-0.1, -0.05) is 295 Å². The van der Waals surface area contributed by atoms with Crippen LogP contribution in [0.4, 0.5) is 0 Å². The average molecular weight is 1330 g/mol. The predicted molar refractivity (Wildman–Crippen MR) is 427 cm³/mol. The summed E-state index contributed by atoms with van der Waals surface area (Å²) in [6.45, 7) is 9.40. The average Bonchev–Trinajstić information content (AvgIpc) is 1.50. The molecule has 0 saturated carbocycles. The highest BCUT2D eigenvalue weighted by Crippen LogP contribution is 2.54. The highest BCUT2D eigenvalue weighted by Gasteiger charge is 2.38. The van der Waals surface area contributed by atoms with Crippen molar-refractivity contribution in [2.45, 2.75) is 38.5 Å². The Labute approximate surface area is 598 Å². The van der Waals surface area contributed by atoms with E-state index >= 15 is 0 Å². The fourth-order valence-corrected chi connectivity index (χ4v) is 17.3. The summed E-state index contributed by atoms with van der Waals surface area (Å²) < 4.78 is 12.5. The second kappa shape index (κ2) is 22.6. The second-order valence-corrected chi connectivity index (χ2v) is 28.7. The normalized spacial score (nSPS) is 13.3. The van der Waals surface area contributed by atoms with E-state index in [0.29, 0.717) is 34.9 Å². The van der Waals surface area contributed by atoms with Crippen LogP contribution in [-0.4, -0.2) is 29.9 Å². The number of furan rings is 2. The van der Waals surface area contributed by atoms with Crippen LogP contribution in [0.3, 0.4) is 0 Å². The molecular formula is C96H62N6O2. The first kappa shape index (κ1) is 59.6. The van der Waals surface area contributed by atoms with E-state index in [2.05, 4.69) is 210 Å². The fraction of sp³-hybridized carbons (Fsp3) is 0.0625. The van der Waals surface area contributed by atoms with Crippen molar-refractivity contribution in [2.24, 2.45) is 0 Å². The first-order valence-corrected chi connectivity index (χ1v) is 35.6. The van der Waals surface area contributed by atoms with E-state index in [0.717, 1.165) is 88.0 Å². The van der Waals surface area contributed by atoms with E-state index in [4.69, 9.17) is 38.7 Å². The van der Waals surface area contributed by atoms with Crippen molar-refractivity contribution in [1.29, 1.82) is 0 Å². The maximum absolute atomic E-state index is 6.24. The number of fused-ring (bicyclic) bond motifs is 24. The minimum absolute atomic E-state index is 0.0407. The quantitative estimate of drug-likeness (QED) is 0.152. The summed E-state index contributed by atoms with van der Waals surface area (Å²) in [7, 11) is 0. The Balaban J connectivity index is 0.000000134. The summed E-state index contributed by atoms with van der Waals surface area (Å²) in [6, 6.07) is 107. The molecule has 20 aromatic rings. The van der Waals surface area contributed by atoms with Crippen LogP contribution in [0, 0.1) is 0 Å². The maximum Gasteiger partial charge on any atom is 0.164 e. The van der Waals surface area contributed by atoms with Gasteiger partial charge < -0.3 is 8.83 Å². The lowest BCUT2D eigenvalue weighted by molar-refractivity contribution is 0.661. The minimum atomic E-state index is -0.0865. The third kappa shape index (κ3) is 9.04. The topological polar surface area (TPSA) is 104 Å². The van der Waals surface area contributed by atoms with Crippen molar-refractivity contribution >= 4 is 109 Å². The Morgan fingerprint density at radius 1 is 0.221 bits per heavy atom. The van der Waals surface area contributed by atoms with Gasteiger partial charge in [-0.05, 0) is 146 Å². The molecule has 0 aliphatic heterocycles. The molecule has 4 heterocycles. The predicted octanol–water partition coefficient (Wildman–Crippen LogP) is 25.1. The molecule has 8 heteroatoms. The van der Waals surface area contributed by atoms with Crippen LogP contribution in [0.2, 0.25) is 0 Å². The Hall–Kier alpha value is -13.3. The highest BCUT2D eigenvalue weighted by molar-refractivity contribution is 6.25. The van der Waals surface area contributed by atoms with Gasteiger partial charge in [0.1, 0.15) is 22.3 Å². The van der Waals surface area contributed by atoms with E-state index in [1.54, 1.807) is 0 Å². The summed E-state index contributed by atoms with van der Waals surface area (Å²) in [5.74, 6) is 3.75. The van der Waals surface area contributed by atoms with Crippen LogP contribution in [0.1, 0.15) is 49.9 Å². The molecular weight excluding hydrogens is 1270 g/mol. The Morgan fingerprint density at radius 2 is 0.615 bits per heavy atom. The number of hydrogen-bond acceptors (Lipinski definition) is 8. The second-order valence-electron chi connectivity index (χ2n) is 28.7. The van der Waals surface area contributed by atoms with Gasteiger partial charge in [-0.15, -0.1) is 0 Å². The van der Waals surface area contributed by atoms with Crippen LogP contribution in [-0.2, 0) is 10.8 Å². The summed E-state index contributed by atoms with van der Waals surface area (Å²) in [4.78, 5) is 30.6. The molecule has 2 aliphatic rings. The molecule has 8 nitrogen and oxygen atoms in total. The van der Waals surface area contributed by atoms with E-state index in [9.17, 15) is 0 Å². The molecule has 0 saturated heterocycles. The largest absolute Gasteiger partial charge is 0.456 e. The maximum atomic E-state index is 6.24. The Bertz CT molecular complexity index is 7050. The molecule has 0 atom stereocenters. The zero-order valence-corrected chi connectivity index (χ0v) is 57.4. The van der Waals surface area contributed by atoms with Gasteiger partial charge in [0.2, 0.25) is 0 Å². The molecule has 0 unspecified atom stereocenters. The molecule has 0 spiro atoms. The molecule has 16 aromatic carbocycles. The molecule has 104 heavy (non-hydrogen) atoms. The summed E-state index contributed by atoms with van der Waals surface area (Å²) in [5, 5.41) is 19.0. The van der Waals surface area contributed by atoms with Crippen molar-refractivity contribution in [2.75, 3.05) is 0 Å². The zero-order chi connectivity index (χ0) is 69.1. The van der Waals surface area contributed by atoms with Crippen molar-refractivity contribution in [3.8, 4) is 90.6 Å². The molecule has 0 radical (unpaired) electrons. The van der Waals surface area contributed by atoms with Gasteiger partial charge in [0.15, 0.2) is 34.9 Å². The number of hydrogen-bond donors (Lipinski definition) is 0. The summed E-state index contributed by atoms with van der Waals surface area (Å²) in [6.07, 6.45) is 0. The van der Waals surface area contributed by atoms with E-state index in [1.807, 2.05) is 121 Å². The molecule has 0 fully saturated rings. The molecule has 0 N–H and O–H groups in total. The third-order valence-corrected chi connectivity index (χ3v) is 22.2. The SMILES string of the molecule is CC1(C)c2ccccc2-c2c1ccc1c2ccc2ccc3cc(-c4nc(-c5ccccc5)nc(-c5cccc6oc7ccccc7c56)n4)ccc3c21.CC1(C)c2ccccc2-c2ccc3c(ccc4ccc5cc(-c6nc(-c7ccccc7)nc(-c7cccc8oc9ccccc9c78)n6)ccc5c43)c21. The van der Waals surface area contributed by atoms with Crippen LogP contribution >= 0.6 is 0 Å². The van der Waals surface area contributed by atoms with Gasteiger partial charge >= 0.3 is 0 Å². The van der Waals surface area contributed by atoms with Crippen LogP contribution in [0.5, 0.6) is 0 Å². The standard InChI is InChI=1S/2C48H31N3O/c1-48(2)38-16-8-6-13-35(38)43-34-24-21-28-19-20-30-27-31(22-23-32(30)42(28)33(34)25-26-39(43)48)46-49-45(29-11-4-3-5-12-29)50-47(51-46)37-15-10-18-41-44(37)36-14-7-9-17-40(36)52-41;1-48(2)39-16-8-6-13-33(39)35-26-25-34-36(44(35)48)24-21-28-19-20-30-27-31(22-23-32(30)42(28)34)46-49-45(29-11-4-3-5-12-29)50-47(51-46)38-15-10-18-41-43(38)37-14-7-9-17-40(37)52-41/h2*3-27H,1-2H3. The zero-order valence-electron chi connectivity index (χ0n) is 57.4. The third-order valence-electron chi connectivity index (χ3n) is 22.2. The van der Waals surface area contributed by atoms with Crippen LogP contribution in [0.15, 0.2) is 312 Å². The van der Waals surface area contributed by atoms with Crippen molar-refractivity contribution in [3.05, 3.63) is 326 Å². The molecule has 0 bridgehead atoms. The first-order chi connectivity index (χ1) is 51.1. The minimum Gasteiger partial charge on any atom is -0.456 e. The Morgan fingerprint density at radius 3 is 1.17 bits per heavy atom. The summed E-state index contributed by atoms with van der Waals surface area (Å²) >= 11 is 0. The summed E-state index contributed by atoms with van der Waals surface area (Å²) in [5.41, 5.74) is 19.7. The van der Waals surface area contributed by atoms with Gasteiger partial charge in [0.05, 0.1) is 0 Å². The number of para-hydroxylation sites is 2. The molecule has 22 rings (SSSR count). The van der Waals surface area contributed by atoms with Gasteiger partial charge in [-0.25, -0.2) is 29.9 Å². The monoisotopic (exact) mass is 1330 g/mol. The number of nitrogens with zero attached hydrogens (tertiary/aromatic N) is 6. The van der Waals surface area contributed by atoms with Crippen molar-refractivity contribution in [1.82, 2.24) is 29.9 Å². The lowest BCUT2D eigenvalue weighted by Crippen LogP contribution is -2.15. The lowest BCUT2D eigenvalue weighted by atomic mass is 9.79. The van der Waals surface area contributed by atoms with Crippen LogP contribution < -0.4 is 0 Å². The van der Waals surface area contributed by atoms with Crippen molar-refractivity contribution < 1.29 is 8.83 Å². The first-order valence-electron chi connectivity index (χ1n) is 35.6. The molecule has 2 aliphatic carbocycles. The highest BCUT2D eigenvalue weighted by atomic mass is 16.3. The van der Waals surface area contributed by atoms with E-state index < -0.39 is 0 Å². The lowest BCUT2D eigenvalue weighted by Gasteiger charge is -2.23. The number of benzene rings is 16. The van der Waals surface area contributed by atoms with Crippen molar-refractivity contribution in [3.63, 3.8) is 0 Å². The van der Waals surface area contributed by atoms with E-state index in [-0.39, 0.29) is 10.8 Å². The number of rotatable bonds is 6. The van der Waals surface area contributed by atoms with Gasteiger partial charge in [-0.3, -0.25) is 0 Å². The smallest absolute Gasteiger partial charge is 0.164 e. The van der Waals surface area contributed by atoms with Gasteiger partial charge in [0, 0.05) is 65.8 Å². The Kier molecular flexibility index (Phi) is 12.9. The fourth-order valence-electron chi connectivity index (χ4n) is 17.3. The van der Waals surface area contributed by atoms with E-state index in [1.165, 1.54) is 98.4 Å². The molecule has 488 valence electrons. The molecule has 0 amide bonds. The van der Waals surface area contributed by atoms with Gasteiger partial charge in [0.25, 0.3) is 0 Å². The molecule has 4 aromatic heterocycles. The number of aromatic nitrogens is 6.